The Bertz CT molecular complexity index is 263. The number of aliphatic hydroxyl groups excluding tert-OH is 1. The van der Waals surface area contributed by atoms with E-state index in [0.717, 1.165) is 6.42 Å². The summed E-state index contributed by atoms with van der Waals surface area (Å²) in [5.74, 6) is 1.54. The Hall–Kier alpha value is -0.560. The first-order chi connectivity index (χ1) is 7.50. The molecular formula is C15H26O. The molecule has 0 fully saturated rings. The van der Waals surface area contributed by atoms with E-state index in [4.69, 9.17) is 0 Å². The van der Waals surface area contributed by atoms with E-state index < -0.39 is 0 Å². The third kappa shape index (κ3) is 4.13. The van der Waals surface area contributed by atoms with Gasteiger partial charge in [-0.25, -0.2) is 0 Å². The Morgan fingerprint density at radius 3 is 2.56 bits per heavy atom. The fourth-order valence-corrected chi connectivity index (χ4v) is 2.09. The molecule has 1 nitrogen and oxygen atoms in total. The SMILES string of the molecule is CC(C)/C1=C\C[C@H](C)[C@H](O)/C=C/[C@H](C)CC1. The van der Waals surface area contributed by atoms with Crippen LogP contribution in [-0.2, 0) is 0 Å². The summed E-state index contributed by atoms with van der Waals surface area (Å²) >= 11 is 0. The first-order valence-electron chi connectivity index (χ1n) is 6.56. The molecule has 0 amide bonds. The molecule has 3 atom stereocenters. The topological polar surface area (TPSA) is 20.2 Å². The van der Waals surface area contributed by atoms with Crippen molar-refractivity contribution in [3.63, 3.8) is 0 Å². The van der Waals surface area contributed by atoms with Crippen molar-refractivity contribution in [2.45, 2.75) is 53.1 Å². The van der Waals surface area contributed by atoms with Crippen LogP contribution in [0.1, 0.15) is 47.0 Å². The number of allylic oxidation sites excluding steroid dienone is 3. The van der Waals surface area contributed by atoms with Crippen molar-refractivity contribution in [1.82, 2.24) is 0 Å². The molecule has 1 aliphatic rings. The summed E-state index contributed by atoms with van der Waals surface area (Å²) < 4.78 is 0. The van der Waals surface area contributed by atoms with Gasteiger partial charge in [-0.15, -0.1) is 0 Å². The summed E-state index contributed by atoms with van der Waals surface area (Å²) in [6.07, 6.45) is 9.60. The van der Waals surface area contributed by atoms with E-state index >= 15 is 0 Å². The molecule has 0 spiro atoms. The van der Waals surface area contributed by atoms with E-state index in [-0.39, 0.29) is 6.10 Å². The largest absolute Gasteiger partial charge is 0.389 e. The maximum Gasteiger partial charge on any atom is 0.0749 e. The summed E-state index contributed by atoms with van der Waals surface area (Å²) in [6, 6.07) is 0. The Morgan fingerprint density at radius 1 is 1.25 bits per heavy atom. The standard InChI is InChI=1S/C15H26O/c1-11(2)14-8-5-12(3)6-10-15(16)13(4)7-9-14/h6,9-13,15-16H,5,7-8H2,1-4H3/b10-6+,14-9-/t12-,13+,15-/m1/s1. The molecule has 0 heterocycles. The fraction of sp³-hybridized carbons (Fsp3) is 0.733. The monoisotopic (exact) mass is 222 g/mol. The first kappa shape index (κ1) is 13.5. The minimum Gasteiger partial charge on any atom is -0.389 e. The zero-order chi connectivity index (χ0) is 12.1. The van der Waals surface area contributed by atoms with Crippen molar-refractivity contribution in [3.8, 4) is 0 Å². The number of aliphatic hydroxyl groups is 1. The zero-order valence-electron chi connectivity index (χ0n) is 11.1. The quantitative estimate of drug-likeness (QED) is 0.666. The third-order valence-corrected chi connectivity index (χ3v) is 3.60. The van der Waals surface area contributed by atoms with Gasteiger partial charge in [-0.1, -0.05) is 51.5 Å². The fourth-order valence-electron chi connectivity index (χ4n) is 2.09. The van der Waals surface area contributed by atoms with Crippen LogP contribution in [0.15, 0.2) is 23.8 Å². The van der Waals surface area contributed by atoms with Crippen molar-refractivity contribution in [2.24, 2.45) is 17.8 Å². The molecule has 1 N–H and O–H groups in total. The van der Waals surface area contributed by atoms with Crippen LogP contribution in [0.25, 0.3) is 0 Å². The van der Waals surface area contributed by atoms with Crippen molar-refractivity contribution in [1.29, 1.82) is 0 Å². The molecule has 1 rings (SSSR count). The molecule has 0 bridgehead atoms. The van der Waals surface area contributed by atoms with Gasteiger partial charge in [0.1, 0.15) is 0 Å². The third-order valence-electron chi connectivity index (χ3n) is 3.60. The summed E-state index contributed by atoms with van der Waals surface area (Å²) in [4.78, 5) is 0. The molecule has 1 heteroatoms. The van der Waals surface area contributed by atoms with E-state index in [2.05, 4.69) is 39.8 Å². The van der Waals surface area contributed by atoms with E-state index in [1.54, 1.807) is 5.57 Å². The molecule has 0 radical (unpaired) electrons. The van der Waals surface area contributed by atoms with Gasteiger partial charge < -0.3 is 5.11 Å². The summed E-state index contributed by atoms with van der Waals surface area (Å²) in [5.41, 5.74) is 1.56. The van der Waals surface area contributed by atoms with Gasteiger partial charge >= 0.3 is 0 Å². The molecule has 0 saturated heterocycles. The molecule has 0 saturated carbocycles. The van der Waals surface area contributed by atoms with Crippen LogP contribution < -0.4 is 0 Å². The lowest BCUT2D eigenvalue weighted by Crippen LogP contribution is -2.15. The lowest BCUT2D eigenvalue weighted by Gasteiger charge is -2.20. The van der Waals surface area contributed by atoms with Crippen LogP contribution in [0, 0.1) is 17.8 Å². The van der Waals surface area contributed by atoms with E-state index in [1.165, 1.54) is 12.8 Å². The molecule has 0 aromatic rings. The molecule has 0 aliphatic heterocycles. The van der Waals surface area contributed by atoms with E-state index in [9.17, 15) is 5.11 Å². The molecule has 0 aromatic heterocycles. The lowest BCUT2D eigenvalue weighted by atomic mass is 9.88. The second-order valence-corrected chi connectivity index (χ2v) is 5.54. The molecule has 92 valence electrons. The summed E-state index contributed by atoms with van der Waals surface area (Å²) in [6.45, 7) is 8.88. The Balaban J connectivity index is 2.76. The lowest BCUT2D eigenvalue weighted by molar-refractivity contribution is 0.162. The van der Waals surface area contributed by atoms with Gasteiger partial charge in [0, 0.05) is 0 Å². The van der Waals surface area contributed by atoms with Gasteiger partial charge in [-0.2, -0.15) is 0 Å². The maximum absolute atomic E-state index is 9.93. The maximum atomic E-state index is 9.93. The molecule has 0 unspecified atom stereocenters. The Morgan fingerprint density at radius 2 is 1.94 bits per heavy atom. The predicted octanol–water partition coefficient (Wildman–Crippen LogP) is 3.94. The highest BCUT2D eigenvalue weighted by Gasteiger charge is 2.13. The van der Waals surface area contributed by atoms with Crippen LogP contribution in [-0.4, -0.2) is 11.2 Å². The van der Waals surface area contributed by atoms with Crippen LogP contribution in [0.3, 0.4) is 0 Å². The zero-order valence-corrected chi connectivity index (χ0v) is 11.1. The number of hydrogen-bond acceptors (Lipinski definition) is 1. The van der Waals surface area contributed by atoms with Gasteiger partial charge in [0.2, 0.25) is 0 Å². The smallest absolute Gasteiger partial charge is 0.0749 e. The van der Waals surface area contributed by atoms with Crippen LogP contribution in [0.2, 0.25) is 0 Å². The van der Waals surface area contributed by atoms with Crippen molar-refractivity contribution in [2.75, 3.05) is 0 Å². The van der Waals surface area contributed by atoms with Gasteiger partial charge in [0.15, 0.2) is 0 Å². The highest BCUT2D eigenvalue weighted by Crippen LogP contribution is 2.24. The average Bonchev–Trinajstić information content (AvgIpc) is 2.23. The van der Waals surface area contributed by atoms with E-state index in [1.807, 2.05) is 6.08 Å². The normalized spacial score (nSPS) is 37.9. The second-order valence-electron chi connectivity index (χ2n) is 5.54. The molecule has 0 aromatic carbocycles. The molecular weight excluding hydrogens is 196 g/mol. The van der Waals surface area contributed by atoms with Gasteiger partial charge in [-0.3, -0.25) is 0 Å². The van der Waals surface area contributed by atoms with Crippen LogP contribution in [0.5, 0.6) is 0 Å². The number of hydrogen-bond donors (Lipinski definition) is 1. The van der Waals surface area contributed by atoms with Crippen LogP contribution in [0.4, 0.5) is 0 Å². The predicted molar refractivity (Wildman–Crippen MR) is 70.2 cm³/mol. The first-order valence-corrected chi connectivity index (χ1v) is 6.56. The minimum absolute atomic E-state index is 0.287. The average molecular weight is 222 g/mol. The van der Waals surface area contributed by atoms with Crippen LogP contribution >= 0.6 is 0 Å². The molecule has 1 aliphatic carbocycles. The van der Waals surface area contributed by atoms with Gasteiger partial charge in [-0.05, 0) is 37.0 Å². The second kappa shape index (κ2) is 6.24. The Labute approximate surface area is 100 Å². The highest BCUT2D eigenvalue weighted by atomic mass is 16.3. The van der Waals surface area contributed by atoms with Crippen molar-refractivity contribution in [3.05, 3.63) is 23.8 Å². The highest BCUT2D eigenvalue weighted by molar-refractivity contribution is 5.08. The summed E-state index contributed by atoms with van der Waals surface area (Å²) in [5, 5.41) is 9.93. The molecule has 16 heavy (non-hydrogen) atoms. The van der Waals surface area contributed by atoms with Gasteiger partial charge in [0.25, 0.3) is 0 Å². The summed E-state index contributed by atoms with van der Waals surface area (Å²) in [7, 11) is 0. The minimum atomic E-state index is -0.287. The van der Waals surface area contributed by atoms with Crippen molar-refractivity contribution < 1.29 is 5.11 Å². The van der Waals surface area contributed by atoms with Gasteiger partial charge in [0.05, 0.1) is 6.10 Å². The van der Waals surface area contributed by atoms with Crippen molar-refractivity contribution >= 4 is 0 Å². The Kier molecular flexibility index (Phi) is 5.27. The van der Waals surface area contributed by atoms with E-state index in [0.29, 0.717) is 17.8 Å². The number of rotatable bonds is 1.